The van der Waals surface area contributed by atoms with Gasteiger partial charge in [0, 0.05) is 49.8 Å². The molecule has 2 N–H and O–H groups in total. The predicted octanol–water partition coefficient (Wildman–Crippen LogP) is 2.54. The highest BCUT2D eigenvalue weighted by atomic mass is 19.3. The van der Waals surface area contributed by atoms with Crippen molar-refractivity contribution in [1.82, 2.24) is 15.2 Å². The lowest BCUT2D eigenvalue weighted by molar-refractivity contribution is -0.138. The van der Waals surface area contributed by atoms with Crippen LogP contribution >= 0.6 is 0 Å². The van der Waals surface area contributed by atoms with Crippen molar-refractivity contribution in [3.63, 3.8) is 0 Å². The van der Waals surface area contributed by atoms with E-state index in [1.165, 1.54) is 7.05 Å². The van der Waals surface area contributed by atoms with Gasteiger partial charge < -0.3 is 15.2 Å². The van der Waals surface area contributed by atoms with E-state index in [1.54, 1.807) is 18.4 Å². The van der Waals surface area contributed by atoms with Gasteiger partial charge >= 0.3 is 0 Å². The summed E-state index contributed by atoms with van der Waals surface area (Å²) in [6.07, 6.45) is 0.544. The van der Waals surface area contributed by atoms with Gasteiger partial charge in [0.2, 0.25) is 0 Å². The molecule has 1 aliphatic heterocycles. The lowest BCUT2D eigenvalue weighted by Gasteiger charge is -2.48. The molecule has 28 heavy (non-hydrogen) atoms. The van der Waals surface area contributed by atoms with Crippen LogP contribution in [0.1, 0.15) is 64.7 Å². The van der Waals surface area contributed by atoms with Gasteiger partial charge in [-0.3, -0.25) is 14.4 Å². The molecule has 0 bridgehead atoms. The Labute approximate surface area is 162 Å². The van der Waals surface area contributed by atoms with Crippen molar-refractivity contribution in [3.05, 3.63) is 34.8 Å². The zero-order valence-corrected chi connectivity index (χ0v) is 16.4. The van der Waals surface area contributed by atoms with E-state index in [2.05, 4.69) is 17.2 Å². The summed E-state index contributed by atoms with van der Waals surface area (Å²) in [4.78, 5) is 38.0. The Morgan fingerprint density at radius 1 is 1.25 bits per heavy atom. The summed E-state index contributed by atoms with van der Waals surface area (Å²) < 4.78 is 28.8. The van der Waals surface area contributed by atoms with Crippen molar-refractivity contribution >= 4 is 17.5 Å². The molecule has 1 saturated carbocycles. The van der Waals surface area contributed by atoms with Crippen molar-refractivity contribution in [1.29, 1.82) is 0 Å². The van der Waals surface area contributed by atoms with Crippen LogP contribution in [0.3, 0.4) is 0 Å². The SMILES string of the molecule is C=C(NC)C1(NC(=O)C(=O)c2c(C)c(C(=O)CC)c3n2CCC3)CC(F)(F)C1. The summed E-state index contributed by atoms with van der Waals surface area (Å²) in [7, 11) is 1.53. The number of amides is 1. The maximum absolute atomic E-state index is 13.5. The number of Topliss-reactive ketones (excluding diaryl/α,β-unsaturated/α-hetero) is 2. The second kappa shape index (κ2) is 6.83. The number of carbonyl (C=O) groups is 3. The molecule has 0 aromatic carbocycles. The number of likely N-dealkylation sites (N-methyl/N-ethyl adjacent to an activating group) is 1. The minimum atomic E-state index is -2.91. The lowest BCUT2D eigenvalue weighted by Crippen LogP contribution is -2.65. The summed E-state index contributed by atoms with van der Waals surface area (Å²) >= 11 is 0. The van der Waals surface area contributed by atoms with E-state index in [1.807, 2.05) is 0 Å². The van der Waals surface area contributed by atoms with Gasteiger partial charge in [0.1, 0.15) is 0 Å². The maximum Gasteiger partial charge on any atom is 0.294 e. The Kier molecular flexibility index (Phi) is 4.93. The topological polar surface area (TPSA) is 80.2 Å². The zero-order valence-electron chi connectivity index (χ0n) is 16.4. The molecule has 0 radical (unpaired) electrons. The van der Waals surface area contributed by atoms with Crippen LogP contribution < -0.4 is 10.6 Å². The number of fused-ring (bicyclic) bond motifs is 1. The Balaban J connectivity index is 1.92. The largest absolute Gasteiger partial charge is 0.390 e. The highest BCUT2D eigenvalue weighted by Gasteiger charge is 2.59. The molecular weight excluding hydrogens is 368 g/mol. The number of carbonyl (C=O) groups excluding carboxylic acids is 3. The van der Waals surface area contributed by atoms with E-state index < -0.39 is 36.0 Å². The van der Waals surface area contributed by atoms with Gasteiger partial charge in [-0.05, 0) is 25.3 Å². The minimum absolute atomic E-state index is 0.0683. The molecule has 1 fully saturated rings. The van der Waals surface area contributed by atoms with Crippen LogP contribution in [0.25, 0.3) is 0 Å². The average Bonchev–Trinajstić information content (AvgIpc) is 3.17. The van der Waals surface area contributed by atoms with Crippen LogP contribution in [0, 0.1) is 6.92 Å². The van der Waals surface area contributed by atoms with Crippen LogP contribution in [0.5, 0.6) is 0 Å². The maximum atomic E-state index is 13.5. The second-order valence-electron chi connectivity index (χ2n) is 7.63. The number of alkyl halides is 2. The standard InChI is InChI=1S/C20H25F2N3O3/c1-5-14(26)15-11(2)16(25-8-6-7-13(15)25)17(27)18(28)24-19(12(3)23-4)9-20(21,22)10-19/h23H,3,5-10H2,1-2,4H3,(H,24,28). The lowest BCUT2D eigenvalue weighted by atomic mass is 9.71. The van der Waals surface area contributed by atoms with Gasteiger partial charge in [0.05, 0.1) is 11.2 Å². The predicted molar refractivity (Wildman–Crippen MR) is 99.7 cm³/mol. The first-order valence-corrected chi connectivity index (χ1v) is 9.44. The van der Waals surface area contributed by atoms with Gasteiger partial charge in [-0.15, -0.1) is 0 Å². The molecule has 0 spiro atoms. The number of aromatic nitrogens is 1. The summed E-state index contributed by atoms with van der Waals surface area (Å²) in [6.45, 7) is 7.67. The van der Waals surface area contributed by atoms with Crippen molar-refractivity contribution in [2.45, 2.75) is 64.0 Å². The van der Waals surface area contributed by atoms with E-state index in [9.17, 15) is 23.2 Å². The van der Waals surface area contributed by atoms with Crippen molar-refractivity contribution in [3.8, 4) is 0 Å². The summed E-state index contributed by atoms with van der Waals surface area (Å²) in [6, 6.07) is 0. The van der Waals surface area contributed by atoms with Gasteiger partial charge in [-0.2, -0.15) is 0 Å². The van der Waals surface area contributed by atoms with E-state index in [0.29, 0.717) is 30.5 Å². The van der Waals surface area contributed by atoms with Crippen LogP contribution in [-0.4, -0.2) is 40.5 Å². The smallest absolute Gasteiger partial charge is 0.294 e. The minimum Gasteiger partial charge on any atom is -0.390 e. The fraction of sp³-hybridized carbons (Fsp3) is 0.550. The van der Waals surface area contributed by atoms with Crippen LogP contribution in [0.2, 0.25) is 0 Å². The van der Waals surface area contributed by atoms with Crippen molar-refractivity contribution in [2.24, 2.45) is 0 Å². The van der Waals surface area contributed by atoms with E-state index >= 15 is 0 Å². The van der Waals surface area contributed by atoms with Crippen molar-refractivity contribution in [2.75, 3.05) is 7.05 Å². The molecule has 2 heterocycles. The van der Waals surface area contributed by atoms with Crippen molar-refractivity contribution < 1.29 is 23.2 Å². The fourth-order valence-electron chi connectivity index (χ4n) is 4.39. The molecule has 1 amide bonds. The van der Waals surface area contributed by atoms with Crippen LogP contribution in [0.4, 0.5) is 8.78 Å². The molecule has 6 nitrogen and oxygen atoms in total. The van der Waals surface area contributed by atoms with Crippen LogP contribution in [-0.2, 0) is 17.8 Å². The Hall–Kier alpha value is -2.51. The average molecular weight is 393 g/mol. The van der Waals surface area contributed by atoms with Gasteiger partial charge in [-0.25, -0.2) is 8.78 Å². The molecule has 0 atom stereocenters. The van der Waals surface area contributed by atoms with E-state index in [-0.39, 0.29) is 17.2 Å². The third kappa shape index (κ3) is 3.04. The summed E-state index contributed by atoms with van der Waals surface area (Å²) in [5, 5.41) is 5.18. The molecule has 0 unspecified atom stereocenters. The number of rotatable bonds is 7. The highest BCUT2D eigenvalue weighted by Crippen LogP contribution is 2.48. The highest BCUT2D eigenvalue weighted by molar-refractivity contribution is 6.43. The number of nitrogens with zero attached hydrogens (tertiary/aromatic N) is 1. The normalized spacial score (nSPS) is 18.8. The third-order valence-corrected chi connectivity index (χ3v) is 5.78. The van der Waals surface area contributed by atoms with Crippen LogP contribution in [0.15, 0.2) is 12.3 Å². The van der Waals surface area contributed by atoms with Gasteiger partial charge in [0.15, 0.2) is 5.78 Å². The molecule has 1 aromatic heterocycles. The monoisotopic (exact) mass is 393 g/mol. The van der Waals surface area contributed by atoms with E-state index in [4.69, 9.17) is 0 Å². The third-order valence-electron chi connectivity index (χ3n) is 5.78. The van der Waals surface area contributed by atoms with Gasteiger partial charge in [0.25, 0.3) is 17.6 Å². The van der Waals surface area contributed by atoms with E-state index in [0.717, 1.165) is 12.1 Å². The summed E-state index contributed by atoms with van der Waals surface area (Å²) in [5.74, 6) is -4.75. The molecule has 2 aliphatic rings. The number of hydrogen-bond donors (Lipinski definition) is 2. The first-order chi connectivity index (χ1) is 13.1. The molecule has 152 valence electrons. The Morgan fingerprint density at radius 3 is 2.43 bits per heavy atom. The Morgan fingerprint density at radius 2 is 1.89 bits per heavy atom. The molecule has 1 aromatic rings. The molecular formula is C20H25F2N3O3. The summed E-state index contributed by atoms with van der Waals surface area (Å²) in [5.41, 5.74) is 0.839. The molecule has 1 aliphatic carbocycles. The molecule has 0 saturated heterocycles. The molecule has 3 rings (SSSR count). The number of ketones is 2. The number of hydrogen-bond acceptors (Lipinski definition) is 4. The number of halogens is 2. The Bertz CT molecular complexity index is 878. The quantitative estimate of drug-likeness (QED) is 0.551. The first kappa shape index (κ1) is 20.2. The second-order valence-corrected chi connectivity index (χ2v) is 7.63. The first-order valence-electron chi connectivity index (χ1n) is 9.44. The fourth-order valence-corrected chi connectivity index (χ4v) is 4.39. The van der Waals surface area contributed by atoms with Gasteiger partial charge in [-0.1, -0.05) is 13.5 Å². The molecule has 8 heteroatoms. The number of nitrogens with one attached hydrogen (secondary N) is 2. The zero-order chi connectivity index (χ0) is 20.9.